The van der Waals surface area contributed by atoms with E-state index in [2.05, 4.69) is 5.32 Å². The molecule has 0 aliphatic carbocycles. The van der Waals surface area contributed by atoms with Crippen LogP contribution in [-0.4, -0.2) is 134 Å². The van der Waals surface area contributed by atoms with Crippen molar-refractivity contribution < 1.29 is 81.2 Å². The number of carboxylic acid groups (broad SMARTS) is 1. The Morgan fingerprint density at radius 2 is 1.16 bits per heavy atom. The summed E-state index contributed by atoms with van der Waals surface area (Å²) in [4.78, 5) is 79.6. The summed E-state index contributed by atoms with van der Waals surface area (Å²) < 4.78 is 63.6. The summed E-state index contributed by atoms with van der Waals surface area (Å²) in [6.07, 6.45) is -11.2. The van der Waals surface area contributed by atoms with E-state index in [1.54, 1.807) is 109 Å². The molecule has 19 heteroatoms. The molecule has 7 rings (SSSR count). The molecular formula is C56H59NO17S. The van der Waals surface area contributed by atoms with E-state index in [9.17, 15) is 28.8 Å². The Bertz CT molecular complexity index is 2600. The quantitative estimate of drug-likeness (QED) is 0.0241. The molecule has 396 valence electrons. The third-order valence-electron chi connectivity index (χ3n) is 11.7. The summed E-state index contributed by atoms with van der Waals surface area (Å²) in [7, 11) is 0. The maximum absolute atomic E-state index is 14.2. The van der Waals surface area contributed by atoms with E-state index < -0.39 is 111 Å². The average molecular weight is 1050 g/mol. The van der Waals surface area contributed by atoms with E-state index in [1.807, 2.05) is 30.3 Å². The van der Waals surface area contributed by atoms with Crippen LogP contribution in [0.25, 0.3) is 0 Å². The molecule has 0 radical (unpaired) electrons. The fourth-order valence-corrected chi connectivity index (χ4v) is 8.80. The Hall–Kier alpha value is -6.97. The molecule has 18 nitrogen and oxygen atoms in total. The zero-order chi connectivity index (χ0) is 52.9. The smallest absolute Gasteiger partial charge is 0.338 e. The lowest BCUT2D eigenvalue weighted by Crippen LogP contribution is -2.68. The second-order valence-electron chi connectivity index (χ2n) is 17.3. The van der Waals surface area contributed by atoms with Gasteiger partial charge in [-0.05, 0) is 67.6 Å². The molecule has 2 heterocycles. The van der Waals surface area contributed by atoms with Gasteiger partial charge in [0.2, 0.25) is 5.91 Å². The van der Waals surface area contributed by atoms with Crippen LogP contribution in [0.4, 0.5) is 0 Å². The zero-order valence-corrected chi connectivity index (χ0v) is 42.1. The number of thioether (sulfide) groups is 1. The van der Waals surface area contributed by atoms with Crippen molar-refractivity contribution in [1.29, 1.82) is 0 Å². The Morgan fingerprint density at radius 3 is 1.69 bits per heavy atom. The summed E-state index contributed by atoms with van der Waals surface area (Å²) in [6.45, 7) is 1.59. The van der Waals surface area contributed by atoms with E-state index >= 15 is 0 Å². The fourth-order valence-electron chi connectivity index (χ4n) is 7.95. The first kappa shape index (κ1) is 55.8. The van der Waals surface area contributed by atoms with Crippen LogP contribution >= 0.6 is 11.8 Å². The first-order valence-corrected chi connectivity index (χ1v) is 25.5. The van der Waals surface area contributed by atoms with Crippen molar-refractivity contribution in [3.8, 4) is 0 Å². The molecular weight excluding hydrogens is 991 g/mol. The Balaban J connectivity index is 1.30. The monoisotopic (exact) mass is 1050 g/mol. The molecule has 75 heavy (non-hydrogen) atoms. The first-order valence-electron chi connectivity index (χ1n) is 24.4. The SMILES string of the molecule is CC(=O)NC1C(OCCCSCCC(=O)O)OC2COC(c3ccccc3)OC2C1OC(OC(COC(=O)c1ccccc1)[C@@H](C)OC(=O)c1ccccc1)[C@H](COC(=O)c1ccccc1)OC(=O)c1ccccc1. The number of hydrogen-bond donors (Lipinski definition) is 2. The summed E-state index contributed by atoms with van der Waals surface area (Å²) in [5.74, 6) is -3.62. The number of benzene rings is 5. The van der Waals surface area contributed by atoms with Gasteiger partial charge in [0.15, 0.2) is 25.0 Å². The van der Waals surface area contributed by atoms with E-state index in [0.717, 1.165) is 0 Å². The van der Waals surface area contributed by atoms with Crippen LogP contribution in [0, 0.1) is 0 Å². The van der Waals surface area contributed by atoms with E-state index in [-0.39, 0.29) is 41.9 Å². The Labute approximate surface area is 438 Å². The predicted octanol–water partition coefficient (Wildman–Crippen LogP) is 7.23. The first-order chi connectivity index (χ1) is 36.4. The molecule has 2 fully saturated rings. The number of esters is 4. The molecule has 0 aromatic heterocycles. The molecule has 2 aliphatic heterocycles. The number of aliphatic carboxylic acids is 1. The highest BCUT2D eigenvalue weighted by Gasteiger charge is 2.53. The number of amides is 1. The van der Waals surface area contributed by atoms with Crippen LogP contribution in [0.3, 0.4) is 0 Å². The fraction of sp³-hybridized carbons (Fsp3) is 0.357. The van der Waals surface area contributed by atoms with Crippen LogP contribution < -0.4 is 5.32 Å². The van der Waals surface area contributed by atoms with Gasteiger partial charge >= 0.3 is 29.8 Å². The number of ether oxygens (including phenoxy) is 10. The van der Waals surface area contributed by atoms with Crippen LogP contribution in [0.15, 0.2) is 152 Å². The summed E-state index contributed by atoms with van der Waals surface area (Å²) in [5.41, 5.74) is 1.36. The summed E-state index contributed by atoms with van der Waals surface area (Å²) in [5, 5.41) is 12.0. The molecule has 5 aromatic carbocycles. The van der Waals surface area contributed by atoms with Crippen molar-refractivity contribution in [1.82, 2.24) is 5.32 Å². The van der Waals surface area contributed by atoms with Gasteiger partial charge in [0.05, 0.1) is 41.9 Å². The normalized spacial score (nSPS) is 20.7. The van der Waals surface area contributed by atoms with Gasteiger partial charge in [-0.1, -0.05) is 103 Å². The summed E-state index contributed by atoms with van der Waals surface area (Å²) in [6, 6.07) is 40.3. The topological polar surface area (TPSA) is 227 Å². The van der Waals surface area contributed by atoms with E-state index in [4.69, 9.17) is 52.5 Å². The molecule has 2 saturated heterocycles. The second-order valence-corrected chi connectivity index (χ2v) is 18.5. The third-order valence-corrected chi connectivity index (χ3v) is 12.8. The minimum absolute atomic E-state index is 0.00513. The minimum Gasteiger partial charge on any atom is -0.481 e. The van der Waals surface area contributed by atoms with Crippen molar-refractivity contribution in [3.05, 3.63) is 179 Å². The molecule has 5 aromatic rings. The predicted molar refractivity (Wildman–Crippen MR) is 270 cm³/mol. The molecule has 2 N–H and O–H groups in total. The highest BCUT2D eigenvalue weighted by Crippen LogP contribution is 2.37. The number of carbonyl (C=O) groups excluding carboxylic acids is 5. The van der Waals surface area contributed by atoms with E-state index in [0.29, 0.717) is 23.5 Å². The van der Waals surface area contributed by atoms with Crippen LogP contribution in [0.5, 0.6) is 0 Å². The number of carbonyl (C=O) groups is 6. The molecule has 1 amide bonds. The second kappa shape index (κ2) is 28.6. The highest BCUT2D eigenvalue weighted by atomic mass is 32.2. The molecule has 0 saturated carbocycles. The van der Waals surface area contributed by atoms with Crippen molar-refractivity contribution in [2.24, 2.45) is 0 Å². The maximum atomic E-state index is 14.2. The van der Waals surface area contributed by atoms with Gasteiger partial charge in [0.1, 0.15) is 49.8 Å². The van der Waals surface area contributed by atoms with Crippen molar-refractivity contribution in [2.75, 3.05) is 37.9 Å². The zero-order valence-electron chi connectivity index (χ0n) is 41.3. The van der Waals surface area contributed by atoms with Crippen molar-refractivity contribution in [3.63, 3.8) is 0 Å². The molecule has 10 atom stereocenters. The Kier molecular flexibility index (Phi) is 21.3. The Morgan fingerprint density at radius 1 is 0.653 bits per heavy atom. The van der Waals surface area contributed by atoms with Crippen molar-refractivity contribution in [2.45, 2.75) is 88.2 Å². The molecule has 2 aliphatic rings. The number of fused-ring (bicyclic) bond motifs is 1. The van der Waals surface area contributed by atoms with Gasteiger partial charge in [0.25, 0.3) is 0 Å². The van der Waals surface area contributed by atoms with Gasteiger partial charge in [-0.3, -0.25) is 9.59 Å². The van der Waals surface area contributed by atoms with Gasteiger partial charge in [0, 0.05) is 18.2 Å². The average Bonchev–Trinajstić information content (AvgIpc) is 3.43. The summed E-state index contributed by atoms with van der Waals surface area (Å²) >= 11 is 1.44. The number of nitrogens with one attached hydrogen (secondary N) is 1. The molecule has 0 bridgehead atoms. The van der Waals surface area contributed by atoms with Gasteiger partial charge in [-0.25, -0.2) is 19.2 Å². The number of hydrogen-bond acceptors (Lipinski definition) is 17. The minimum atomic E-state index is -1.84. The lowest BCUT2D eigenvalue weighted by atomic mass is 9.95. The van der Waals surface area contributed by atoms with Gasteiger partial charge < -0.3 is 57.8 Å². The number of carboxylic acids is 1. The lowest BCUT2D eigenvalue weighted by molar-refractivity contribution is -0.367. The largest absolute Gasteiger partial charge is 0.481 e. The van der Waals surface area contributed by atoms with Crippen LogP contribution in [0.1, 0.15) is 80.0 Å². The standard InChI is InChI=1S/C56H59NO17S/c1-36(69-52(63)40-23-12-5-13-24-40)43(33-66-50(61)38-19-8-3-9-20-38)71-55(45(70-53(64)41-25-14-6-15-26-41)35-67-51(62)39-21-10-4-11-22-39)74-49-47(57-37(2)58)56(65-30-18-31-75-32-29-46(59)60)72-44-34-68-54(73-48(44)49)42-27-16-7-17-28-42/h3-17,19-28,36,43-45,47-49,54-56H,18,29-35H2,1-2H3,(H,57,58)(H,59,60)/t36-,43?,44?,45+,47?,48?,49?,54?,55?,56?/m1/s1. The van der Waals surface area contributed by atoms with Gasteiger partial charge in [-0.15, -0.1) is 0 Å². The van der Waals surface area contributed by atoms with Crippen molar-refractivity contribution >= 4 is 47.5 Å². The molecule has 0 spiro atoms. The number of rotatable bonds is 26. The van der Waals surface area contributed by atoms with Crippen LogP contribution in [-0.2, 0) is 57.0 Å². The maximum Gasteiger partial charge on any atom is 0.338 e. The van der Waals surface area contributed by atoms with E-state index in [1.165, 1.54) is 37.7 Å². The highest BCUT2D eigenvalue weighted by molar-refractivity contribution is 7.99. The van der Waals surface area contributed by atoms with Crippen LogP contribution in [0.2, 0.25) is 0 Å². The third kappa shape index (κ3) is 16.8. The van der Waals surface area contributed by atoms with Gasteiger partial charge in [-0.2, -0.15) is 11.8 Å². The lowest BCUT2D eigenvalue weighted by Gasteiger charge is -2.50. The molecule has 8 unspecified atom stereocenters.